The highest BCUT2D eigenvalue weighted by atomic mass is 16.7. The zero-order valence-corrected chi connectivity index (χ0v) is 8.74. The number of hydrogen-bond acceptors (Lipinski definition) is 6. The topological polar surface area (TPSA) is 102 Å². The first kappa shape index (κ1) is 10.4. The number of rotatable bonds is 2. The van der Waals surface area contributed by atoms with E-state index in [2.05, 4.69) is 15.1 Å². The van der Waals surface area contributed by atoms with Crippen LogP contribution in [0.1, 0.15) is 11.7 Å². The van der Waals surface area contributed by atoms with Crippen LogP contribution in [0.2, 0.25) is 0 Å². The Kier molecular flexibility index (Phi) is 2.39. The second-order valence-electron chi connectivity index (χ2n) is 3.62. The summed E-state index contributed by atoms with van der Waals surface area (Å²) in [4.78, 5) is 17.8. The Morgan fingerprint density at radius 2 is 2.53 bits per heavy atom. The second-order valence-corrected chi connectivity index (χ2v) is 3.62. The molecule has 0 bridgehead atoms. The minimum Gasteiger partial charge on any atom is -0.391 e. The van der Waals surface area contributed by atoms with Crippen molar-refractivity contribution in [2.45, 2.75) is 12.4 Å². The fraction of sp³-hybridized carbons (Fsp3) is 0.444. The van der Waals surface area contributed by atoms with E-state index in [-0.39, 0.29) is 12.7 Å². The molecule has 2 aromatic rings. The van der Waals surface area contributed by atoms with Crippen molar-refractivity contribution in [2.24, 2.45) is 0 Å². The summed E-state index contributed by atoms with van der Waals surface area (Å²) in [7, 11) is 0. The van der Waals surface area contributed by atoms with E-state index in [0.717, 1.165) is 4.52 Å². The molecule has 2 atom stereocenters. The number of aromatic nitrogens is 4. The lowest BCUT2D eigenvalue weighted by Gasteiger charge is -2.07. The highest BCUT2D eigenvalue weighted by molar-refractivity contribution is 5.46. The fourth-order valence-electron chi connectivity index (χ4n) is 1.80. The number of H-pyrrole nitrogens is 1. The van der Waals surface area contributed by atoms with Crippen molar-refractivity contribution < 1.29 is 14.6 Å². The molecule has 17 heavy (non-hydrogen) atoms. The van der Waals surface area contributed by atoms with Crippen LogP contribution in [-0.4, -0.2) is 44.2 Å². The van der Waals surface area contributed by atoms with Crippen LogP contribution in [0.15, 0.2) is 17.3 Å². The number of aliphatic hydroxyl groups is 1. The van der Waals surface area contributed by atoms with Gasteiger partial charge >= 0.3 is 5.69 Å². The first-order valence-electron chi connectivity index (χ1n) is 5.09. The van der Waals surface area contributed by atoms with Crippen molar-refractivity contribution in [1.29, 1.82) is 0 Å². The molecule has 8 heteroatoms. The molecule has 8 nitrogen and oxygen atoms in total. The summed E-state index contributed by atoms with van der Waals surface area (Å²) in [5.74, 6) is 0. The molecular weight excluding hydrogens is 228 g/mol. The molecule has 90 valence electrons. The number of nitrogens with one attached hydrogen (secondary N) is 1. The highest BCUT2D eigenvalue weighted by Gasteiger charge is 2.29. The summed E-state index contributed by atoms with van der Waals surface area (Å²) >= 11 is 0. The molecule has 1 aliphatic rings. The number of fused-ring (bicyclic) bond motifs is 1. The van der Waals surface area contributed by atoms with E-state index in [1.807, 2.05) is 0 Å². The van der Waals surface area contributed by atoms with E-state index >= 15 is 0 Å². The van der Waals surface area contributed by atoms with Crippen LogP contribution in [-0.2, 0) is 9.47 Å². The van der Waals surface area contributed by atoms with Gasteiger partial charge in [0.05, 0.1) is 25.7 Å². The molecule has 0 amide bonds. The van der Waals surface area contributed by atoms with Gasteiger partial charge in [-0.05, 0) is 0 Å². The van der Waals surface area contributed by atoms with Gasteiger partial charge in [0, 0.05) is 5.56 Å². The molecule has 0 spiro atoms. The average molecular weight is 238 g/mol. The molecule has 3 rings (SSSR count). The second kappa shape index (κ2) is 3.91. The van der Waals surface area contributed by atoms with E-state index in [1.165, 1.54) is 12.5 Å². The van der Waals surface area contributed by atoms with E-state index in [9.17, 15) is 4.79 Å². The van der Waals surface area contributed by atoms with E-state index in [1.54, 1.807) is 0 Å². The van der Waals surface area contributed by atoms with Crippen LogP contribution < -0.4 is 5.69 Å². The molecule has 0 radical (unpaired) electrons. The first-order valence-corrected chi connectivity index (χ1v) is 5.09. The first-order chi connectivity index (χ1) is 8.29. The number of aliphatic hydroxyl groups excluding tert-OH is 1. The number of aromatic amines is 1. The average Bonchev–Trinajstić information content (AvgIpc) is 2.94. The molecule has 1 aliphatic heterocycles. The van der Waals surface area contributed by atoms with Crippen LogP contribution in [0.4, 0.5) is 0 Å². The molecular formula is C9H10N4O4. The van der Waals surface area contributed by atoms with Gasteiger partial charge in [-0.15, -0.1) is 0 Å². The van der Waals surface area contributed by atoms with E-state index in [0.29, 0.717) is 17.8 Å². The Morgan fingerprint density at radius 1 is 1.65 bits per heavy atom. The maximum Gasteiger partial charge on any atom is 0.371 e. The third kappa shape index (κ3) is 1.62. The van der Waals surface area contributed by atoms with Crippen molar-refractivity contribution in [1.82, 2.24) is 19.6 Å². The monoisotopic (exact) mass is 238 g/mol. The van der Waals surface area contributed by atoms with Crippen LogP contribution in [0.3, 0.4) is 0 Å². The van der Waals surface area contributed by atoms with Crippen LogP contribution in [0, 0.1) is 0 Å². The normalized spacial score (nSPS) is 24.5. The number of hydrogen-bond donors (Lipinski definition) is 2. The molecule has 1 fully saturated rings. The third-order valence-electron chi connectivity index (χ3n) is 2.60. The van der Waals surface area contributed by atoms with Crippen molar-refractivity contribution in [3.63, 3.8) is 0 Å². The lowest BCUT2D eigenvalue weighted by atomic mass is 10.2. The fourth-order valence-corrected chi connectivity index (χ4v) is 1.80. The predicted octanol–water partition coefficient (Wildman–Crippen LogP) is -1.18. The van der Waals surface area contributed by atoms with Gasteiger partial charge in [-0.2, -0.15) is 14.6 Å². The van der Waals surface area contributed by atoms with Gasteiger partial charge in [-0.1, -0.05) is 0 Å². The maximum absolute atomic E-state index is 11.4. The van der Waals surface area contributed by atoms with E-state index < -0.39 is 12.0 Å². The van der Waals surface area contributed by atoms with Gasteiger partial charge in [0.25, 0.3) is 0 Å². The summed E-state index contributed by atoms with van der Waals surface area (Å²) in [5.41, 5.74) is 0.778. The largest absolute Gasteiger partial charge is 0.391 e. The van der Waals surface area contributed by atoms with Crippen LogP contribution in [0.25, 0.3) is 5.65 Å². The third-order valence-corrected chi connectivity index (χ3v) is 2.60. The van der Waals surface area contributed by atoms with Crippen molar-refractivity contribution >= 4 is 5.65 Å². The van der Waals surface area contributed by atoms with Gasteiger partial charge < -0.3 is 19.6 Å². The Labute approximate surface area is 94.8 Å². The van der Waals surface area contributed by atoms with Crippen molar-refractivity contribution in [3.8, 4) is 0 Å². The Bertz CT molecular complexity index is 592. The summed E-state index contributed by atoms with van der Waals surface area (Å²) in [6.45, 7) is 0.116. The zero-order valence-electron chi connectivity index (χ0n) is 8.74. The number of ether oxygens (including phenoxy) is 2. The van der Waals surface area contributed by atoms with E-state index in [4.69, 9.17) is 14.6 Å². The van der Waals surface area contributed by atoms with Crippen LogP contribution >= 0.6 is 0 Å². The van der Waals surface area contributed by atoms with Gasteiger partial charge in [0.1, 0.15) is 11.8 Å². The summed E-state index contributed by atoms with van der Waals surface area (Å²) in [6, 6.07) is 0. The van der Waals surface area contributed by atoms with Gasteiger partial charge in [0.15, 0.2) is 6.29 Å². The lowest BCUT2D eigenvalue weighted by Crippen LogP contribution is -2.17. The standard InChI is InChI=1S/C9H10N4O4/c14-2-7-16-3-6(17-7)5-1-12-13-8(5)10-4-11-9(13)15/h1,4,6-7,14H,2-3H2,(H,10,11,15). The molecule has 0 saturated carbocycles. The quantitative estimate of drug-likeness (QED) is 0.683. The van der Waals surface area contributed by atoms with Gasteiger partial charge in [0.2, 0.25) is 0 Å². The van der Waals surface area contributed by atoms with Crippen LogP contribution in [0.5, 0.6) is 0 Å². The molecule has 0 aliphatic carbocycles. The van der Waals surface area contributed by atoms with Gasteiger partial charge in [-0.25, -0.2) is 4.79 Å². The number of nitrogens with zero attached hydrogens (tertiary/aromatic N) is 3. The van der Waals surface area contributed by atoms with Crippen molar-refractivity contribution in [2.75, 3.05) is 13.2 Å². The lowest BCUT2D eigenvalue weighted by molar-refractivity contribution is -0.0880. The Morgan fingerprint density at radius 3 is 3.29 bits per heavy atom. The minimum absolute atomic E-state index is 0.201. The zero-order chi connectivity index (χ0) is 11.8. The summed E-state index contributed by atoms with van der Waals surface area (Å²) in [5, 5.41) is 12.8. The molecule has 2 unspecified atom stereocenters. The summed E-state index contributed by atoms with van der Waals surface area (Å²) in [6.07, 6.45) is 1.87. The SMILES string of the molecule is O=c1nc[nH]c2c(C3COC(CO)O3)cnn12. The smallest absolute Gasteiger partial charge is 0.371 e. The molecule has 0 aromatic carbocycles. The predicted molar refractivity (Wildman–Crippen MR) is 54.3 cm³/mol. The molecule has 2 aromatic heterocycles. The molecule has 2 N–H and O–H groups in total. The highest BCUT2D eigenvalue weighted by Crippen LogP contribution is 2.27. The minimum atomic E-state index is -0.622. The van der Waals surface area contributed by atoms with Gasteiger partial charge in [-0.3, -0.25) is 0 Å². The Balaban J connectivity index is 2.02. The van der Waals surface area contributed by atoms with Crippen molar-refractivity contribution in [3.05, 3.63) is 28.6 Å². The Hall–Kier alpha value is -1.77. The molecule has 1 saturated heterocycles. The summed E-state index contributed by atoms with van der Waals surface area (Å²) < 4.78 is 11.8. The molecule has 3 heterocycles. The maximum atomic E-state index is 11.4.